The van der Waals surface area contributed by atoms with Crippen LogP contribution in [0.2, 0.25) is 0 Å². The Morgan fingerprint density at radius 3 is 2.59 bits per heavy atom. The van der Waals surface area contributed by atoms with Gasteiger partial charge in [0, 0.05) is 27.4 Å². The number of hydrogen-bond donors (Lipinski definition) is 0. The molecule has 0 aliphatic rings. The summed E-state index contributed by atoms with van der Waals surface area (Å²) < 4.78 is 11.8. The average Bonchev–Trinajstić information content (AvgIpc) is 2.76. The predicted molar refractivity (Wildman–Crippen MR) is 113 cm³/mol. The number of methoxy groups -OCH3 is 2. The maximum absolute atomic E-state index is 12.8. The van der Waals surface area contributed by atoms with Crippen molar-refractivity contribution in [1.29, 1.82) is 0 Å². The number of hydrogen-bond acceptors (Lipinski definition) is 6. The summed E-state index contributed by atoms with van der Waals surface area (Å²) in [4.78, 5) is 19.1. The van der Waals surface area contributed by atoms with Gasteiger partial charge in [-0.05, 0) is 42.0 Å². The highest BCUT2D eigenvalue weighted by Gasteiger charge is 2.08. The van der Waals surface area contributed by atoms with Crippen LogP contribution in [0.4, 0.5) is 0 Å². The Kier molecular flexibility index (Phi) is 5.48. The lowest BCUT2D eigenvalue weighted by Crippen LogP contribution is -2.23. The molecule has 0 aliphatic heterocycles. The Labute approximate surface area is 172 Å². The van der Waals surface area contributed by atoms with Gasteiger partial charge < -0.3 is 9.47 Å². The number of benzene rings is 2. The van der Waals surface area contributed by atoms with Gasteiger partial charge in [-0.15, -0.1) is 0 Å². The fraction of sp³-hybridized carbons (Fsp3) is 0.136. The predicted octanol–water partition coefficient (Wildman–Crippen LogP) is 4.01. The zero-order valence-corrected chi connectivity index (χ0v) is 16.8. The van der Waals surface area contributed by atoms with E-state index in [1.807, 2.05) is 48.5 Å². The molecule has 2 aromatic heterocycles. The van der Waals surface area contributed by atoms with Crippen LogP contribution in [0.1, 0.15) is 5.56 Å². The maximum Gasteiger partial charge on any atom is 0.274 e. The molecular weight excluding hydrogens is 386 g/mol. The zero-order valence-electron chi connectivity index (χ0n) is 16.0. The molecule has 0 radical (unpaired) electrons. The monoisotopic (exact) mass is 405 g/mol. The quantitative estimate of drug-likeness (QED) is 0.483. The summed E-state index contributed by atoms with van der Waals surface area (Å²) in [6.45, 7) is 0.353. The molecule has 6 nitrogen and oxygen atoms in total. The van der Waals surface area contributed by atoms with Gasteiger partial charge in [0.15, 0.2) is 0 Å². The fourth-order valence-corrected chi connectivity index (χ4v) is 3.86. The molecule has 0 saturated carbocycles. The molecule has 2 heterocycles. The molecule has 4 aromatic rings. The van der Waals surface area contributed by atoms with Crippen LogP contribution < -0.4 is 15.0 Å². The van der Waals surface area contributed by atoms with E-state index in [2.05, 4.69) is 10.1 Å². The van der Waals surface area contributed by atoms with Crippen molar-refractivity contribution in [3.05, 3.63) is 82.9 Å². The van der Waals surface area contributed by atoms with Crippen molar-refractivity contribution in [3.63, 3.8) is 0 Å². The third-order valence-electron chi connectivity index (χ3n) is 4.44. The van der Waals surface area contributed by atoms with Crippen LogP contribution in [-0.4, -0.2) is 29.0 Å². The molecule has 0 bridgehead atoms. The Morgan fingerprint density at radius 2 is 1.83 bits per heavy atom. The largest absolute Gasteiger partial charge is 0.497 e. The highest BCUT2D eigenvalue weighted by Crippen LogP contribution is 2.31. The van der Waals surface area contributed by atoms with Crippen molar-refractivity contribution >= 4 is 22.5 Å². The SMILES string of the molecule is COc1cccc(Sc2ccc3c(=O)n(Cc4ccc(OC)nc4)ncc3c2)c1. The molecular formula is C22H19N3O3S. The average molecular weight is 405 g/mol. The lowest BCUT2D eigenvalue weighted by molar-refractivity contribution is 0.397. The Balaban J connectivity index is 1.59. The first-order chi connectivity index (χ1) is 14.2. The summed E-state index contributed by atoms with van der Waals surface area (Å²) >= 11 is 1.61. The van der Waals surface area contributed by atoms with E-state index in [9.17, 15) is 4.79 Å². The van der Waals surface area contributed by atoms with Crippen molar-refractivity contribution in [2.24, 2.45) is 0 Å². The minimum absolute atomic E-state index is 0.128. The molecule has 0 N–H and O–H groups in total. The lowest BCUT2D eigenvalue weighted by atomic mass is 10.2. The highest BCUT2D eigenvalue weighted by molar-refractivity contribution is 7.99. The van der Waals surface area contributed by atoms with E-state index < -0.39 is 0 Å². The van der Waals surface area contributed by atoms with Gasteiger partial charge in [0.25, 0.3) is 5.56 Å². The van der Waals surface area contributed by atoms with E-state index in [1.165, 1.54) is 4.68 Å². The van der Waals surface area contributed by atoms with Crippen molar-refractivity contribution in [3.8, 4) is 11.6 Å². The van der Waals surface area contributed by atoms with Gasteiger partial charge in [-0.25, -0.2) is 9.67 Å². The highest BCUT2D eigenvalue weighted by atomic mass is 32.2. The zero-order chi connectivity index (χ0) is 20.2. The summed E-state index contributed by atoms with van der Waals surface area (Å²) in [6, 6.07) is 17.3. The Hall–Kier alpha value is -3.32. The van der Waals surface area contributed by atoms with E-state index in [0.29, 0.717) is 17.8 Å². The molecule has 146 valence electrons. The second kappa shape index (κ2) is 8.36. The standard InChI is InChI=1S/C22H19N3O3S/c1-27-17-4-3-5-18(11-17)29-19-7-8-20-16(10-19)13-24-25(22(20)26)14-15-6-9-21(28-2)23-12-15/h3-13H,14H2,1-2H3. The normalized spacial score (nSPS) is 10.8. The molecule has 0 aliphatic carbocycles. The first kappa shape index (κ1) is 19.0. The fourth-order valence-electron chi connectivity index (χ4n) is 2.94. The number of rotatable bonds is 6. The number of fused-ring (bicyclic) bond motifs is 1. The number of pyridine rings is 1. The maximum atomic E-state index is 12.8. The summed E-state index contributed by atoms with van der Waals surface area (Å²) in [5.74, 6) is 1.35. The van der Waals surface area contributed by atoms with Crippen molar-refractivity contribution in [2.45, 2.75) is 16.3 Å². The molecule has 0 spiro atoms. The molecule has 29 heavy (non-hydrogen) atoms. The van der Waals surface area contributed by atoms with E-state index in [-0.39, 0.29) is 5.56 Å². The molecule has 0 saturated heterocycles. The van der Waals surface area contributed by atoms with Crippen LogP contribution in [0.25, 0.3) is 10.8 Å². The van der Waals surface area contributed by atoms with Crippen molar-refractivity contribution in [1.82, 2.24) is 14.8 Å². The summed E-state index contributed by atoms with van der Waals surface area (Å²) in [6.07, 6.45) is 3.41. The summed E-state index contributed by atoms with van der Waals surface area (Å²) in [5, 5.41) is 5.78. The number of nitrogens with zero attached hydrogens (tertiary/aromatic N) is 3. The first-order valence-corrected chi connectivity index (χ1v) is 9.78. The van der Waals surface area contributed by atoms with Gasteiger partial charge in [0.2, 0.25) is 5.88 Å². The van der Waals surface area contributed by atoms with E-state index in [4.69, 9.17) is 9.47 Å². The van der Waals surface area contributed by atoms with Crippen LogP contribution in [0.3, 0.4) is 0 Å². The topological polar surface area (TPSA) is 66.2 Å². The van der Waals surface area contributed by atoms with Crippen LogP contribution in [0, 0.1) is 0 Å². The molecule has 2 aromatic carbocycles. The molecule has 0 amide bonds. The lowest BCUT2D eigenvalue weighted by Gasteiger charge is -2.08. The van der Waals surface area contributed by atoms with Crippen LogP contribution >= 0.6 is 11.8 Å². The third-order valence-corrected chi connectivity index (χ3v) is 5.42. The summed E-state index contributed by atoms with van der Waals surface area (Å²) in [7, 11) is 3.22. The van der Waals surface area contributed by atoms with E-state index >= 15 is 0 Å². The molecule has 7 heteroatoms. The van der Waals surface area contributed by atoms with Gasteiger partial charge in [0.1, 0.15) is 5.75 Å². The second-order valence-corrected chi connectivity index (χ2v) is 7.49. The smallest absolute Gasteiger partial charge is 0.274 e. The van der Waals surface area contributed by atoms with E-state index in [0.717, 1.165) is 26.5 Å². The minimum Gasteiger partial charge on any atom is -0.497 e. The Bertz CT molecular complexity index is 1210. The minimum atomic E-state index is -0.128. The van der Waals surface area contributed by atoms with Gasteiger partial charge in [-0.2, -0.15) is 5.10 Å². The summed E-state index contributed by atoms with van der Waals surface area (Å²) in [5.41, 5.74) is 0.751. The van der Waals surface area contributed by atoms with Crippen LogP contribution in [0.5, 0.6) is 11.6 Å². The van der Waals surface area contributed by atoms with Gasteiger partial charge in [-0.3, -0.25) is 4.79 Å². The van der Waals surface area contributed by atoms with E-state index in [1.54, 1.807) is 44.4 Å². The van der Waals surface area contributed by atoms with Crippen LogP contribution in [0.15, 0.2) is 81.6 Å². The van der Waals surface area contributed by atoms with Gasteiger partial charge in [-0.1, -0.05) is 23.9 Å². The molecule has 0 unspecified atom stereocenters. The number of ether oxygens (including phenoxy) is 2. The van der Waals surface area contributed by atoms with Gasteiger partial charge >= 0.3 is 0 Å². The van der Waals surface area contributed by atoms with Crippen molar-refractivity contribution < 1.29 is 9.47 Å². The molecule has 0 fully saturated rings. The van der Waals surface area contributed by atoms with Crippen molar-refractivity contribution in [2.75, 3.05) is 14.2 Å². The third kappa shape index (κ3) is 4.25. The second-order valence-electron chi connectivity index (χ2n) is 6.35. The van der Waals surface area contributed by atoms with Crippen LogP contribution in [-0.2, 0) is 6.54 Å². The number of aromatic nitrogens is 3. The van der Waals surface area contributed by atoms with Gasteiger partial charge in [0.05, 0.1) is 32.3 Å². The molecule has 4 rings (SSSR count). The molecule has 0 atom stereocenters. The Morgan fingerprint density at radius 1 is 0.966 bits per heavy atom. The first-order valence-electron chi connectivity index (χ1n) is 8.97.